The Hall–Kier alpha value is -2.53. The smallest absolute Gasteiger partial charge is 0.255 e. The molecular formula is C23H31N3O2. The van der Waals surface area contributed by atoms with Gasteiger partial charge >= 0.3 is 0 Å². The van der Waals surface area contributed by atoms with E-state index in [2.05, 4.69) is 39.4 Å². The molecule has 0 aromatic heterocycles. The van der Waals surface area contributed by atoms with Gasteiger partial charge in [0.15, 0.2) is 0 Å². The predicted molar refractivity (Wildman–Crippen MR) is 114 cm³/mol. The minimum atomic E-state index is -0.0850. The number of anilines is 1. The van der Waals surface area contributed by atoms with Crippen LogP contribution in [0.5, 0.6) is 5.75 Å². The molecule has 1 unspecified atom stereocenters. The molecule has 1 N–H and O–H groups in total. The number of carbonyl (C=O) groups excluding carboxylic acids is 1. The summed E-state index contributed by atoms with van der Waals surface area (Å²) in [6.07, 6.45) is 2.43. The van der Waals surface area contributed by atoms with Crippen molar-refractivity contribution in [1.82, 2.24) is 10.2 Å². The molecule has 1 saturated heterocycles. The van der Waals surface area contributed by atoms with E-state index < -0.39 is 0 Å². The molecule has 0 bridgehead atoms. The van der Waals surface area contributed by atoms with Gasteiger partial charge in [-0.1, -0.05) is 24.3 Å². The highest BCUT2D eigenvalue weighted by Gasteiger charge is 2.24. The van der Waals surface area contributed by atoms with Gasteiger partial charge in [-0.2, -0.15) is 0 Å². The summed E-state index contributed by atoms with van der Waals surface area (Å²) >= 11 is 0. The van der Waals surface area contributed by atoms with Gasteiger partial charge in [0, 0.05) is 26.3 Å². The molecule has 2 aromatic carbocycles. The SMILES string of the molecule is CCOc1ccccc1C(=O)NCC(c1ccc(N(C)C)cc1)N1CCCC1. The topological polar surface area (TPSA) is 44.8 Å². The summed E-state index contributed by atoms with van der Waals surface area (Å²) in [5.74, 6) is 0.550. The Morgan fingerprint density at radius 3 is 2.43 bits per heavy atom. The van der Waals surface area contributed by atoms with E-state index >= 15 is 0 Å². The maximum Gasteiger partial charge on any atom is 0.255 e. The zero-order valence-electron chi connectivity index (χ0n) is 17.1. The minimum absolute atomic E-state index is 0.0850. The molecule has 1 heterocycles. The number of nitrogens with zero attached hydrogens (tertiary/aromatic N) is 2. The third-order valence-electron chi connectivity index (χ3n) is 5.26. The summed E-state index contributed by atoms with van der Waals surface area (Å²) in [7, 11) is 4.09. The molecule has 0 spiro atoms. The lowest BCUT2D eigenvalue weighted by Gasteiger charge is -2.28. The van der Waals surface area contributed by atoms with E-state index in [9.17, 15) is 4.79 Å². The van der Waals surface area contributed by atoms with Gasteiger partial charge in [0.1, 0.15) is 5.75 Å². The van der Waals surface area contributed by atoms with Gasteiger partial charge in [-0.25, -0.2) is 0 Å². The van der Waals surface area contributed by atoms with E-state index in [-0.39, 0.29) is 11.9 Å². The molecule has 1 fully saturated rings. The number of nitrogens with one attached hydrogen (secondary N) is 1. The summed E-state index contributed by atoms with van der Waals surface area (Å²) in [5.41, 5.74) is 3.01. The molecule has 150 valence electrons. The molecule has 2 aromatic rings. The molecular weight excluding hydrogens is 350 g/mol. The Morgan fingerprint density at radius 1 is 1.11 bits per heavy atom. The average Bonchev–Trinajstić information content (AvgIpc) is 3.23. The highest BCUT2D eigenvalue weighted by Crippen LogP contribution is 2.26. The fourth-order valence-electron chi connectivity index (χ4n) is 3.73. The van der Waals surface area contributed by atoms with Crippen molar-refractivity contribution in [3.63, 3.8) is 0 Å². The number of likely N-dealkylation sites (tertiary alicyclic amines) is 1. The molecule has 28 heavy (non-hydrogen) atoms. The van der Waals surface area contributed by atoms with Crippen molar-refractivity contribution in [2.75, 3.05) is 45.2 Å². The lowest BCUT2D eigenvalue weighted by molar-refractivity contribution is 0.0934. The molecule has 5 nitrogen and oxygen atoms in total. The van der Waals surface area contributed by atoms with Gasteiger partial charge in [0.2, 0.25) is 0 Å². The first-order valence-corrected chi connectivity index (χ1v) is 10.1. The number of rotatable bonds is 8. The van der Waals surface area contributed by atoms with Gasteiger partial charge in [-0.3, -0.25) is 9.69 Å². The van der Waals surface area contributed by atoms with Crippen molar-refractivity contribution >= 4 is 11.6 Å². The lowest BCUT2D eigenvalue weighted by Crippen LogP contribution is -2.37. The van der Waals surface area contributed by atoms with Crippen LogP contribution in [-0.2, 0) is 0 Å². The van der Waals surface area contributed by atoms with Crippen LogP contribution >= 0.6 is 0 Å². The maximum atomic E-state index is 12.8. The highest BCUT2D eigenvalue weighted by molar-refractivity contribution is 5.96. The van der Waals surface area contributed by atoms with Crippen molar-refractivity contribution in [3.8, 4) is 5.75 Å². The number of carbonyl (C=O) groups is 1. The Bertz CT molecular complexity index is 768. The third kappa shape index (κ3) is 4.84. The lowest BCUT2D eigenvalue weighted by atomic mass is 10.0. The number of benzene rings is 2. The van der Waals surface area contributed by atoms with Crippen LogP contribution in [0, 0.1) is 0 Å². The van der Waals surface area contributed by atoms with E-state index in [1.165, 1.54) is 24.1 Å². The Balaban J connectivity index is 1.74. The van der Waals surface area contributed by atoms with Crippen molar-refractivity contribution < 1.29 is 9.53 Å². The largest absolute Gasteiger partial charge is 0.493 e. The fourth-order valence-corrected chi connectivity index (χ4v) is 3.73. The van der Waals surface area contributed by atoms with Gasteiger partial charge in [0.05, 0.1) is 18.2 Å². The third-order valence-corrected chi connectivity index (χ3v) is 5.26. The van der Waals surface area contributed by atoms with Crippen molar-refractivity contribution in [2.45, 2.75) is 25.8 Å². The normalized spacial score (nSPS) is 15.2. The van der Waals surface area contributed by atoms with Crippen LogP contribution in [0.3, 0.4) is 0 Å². The molecule has 1 amide bonds. The number of para-hydroxylation sites is 1. The number of hydrogen-bond acceptors (Lipinski definition) is 4. The highest BCUT2D eigenvalue weighted by atomic mass is 16.5. The summed E-state index contributed by atoms with van der Waals surface area (Å²) in [4.78, 5) is 17.4. The van der Waals surface area contributed by atoms with Gasteiger partial charge in [-0.15, -0.1) is 0 Å². The van der Waals surface area contributed by atoms with E-state index in [0.717, 1.165) is 13.1 Å². The monoisotopic (exact) mass is 381 g/mol. The molecule has 0 aliphatic carbocycles. The molecule has 1 aliphatic rings. The number of hydrogen-bond donors (Lipinski definition) is 1. The van der Waals surface area contributed by atoms with Crippen LogP contribution in [-0.4, -0.2) is 51.1 Å². The molecule has 0 saturated carbocycles. The van der Waals surface area contributed by atoms with Crippen molar-refractivity contribution in [1.29, 1.82) is 0 Å². The van der Waals surface area contributed by atoms with Crippen LogP contribution < -0.4 is 15.0 Å². The van der Waals surface area contributed by atoms with Crippen LogP contribution in [0.1, 0.15) is 41.7 Å². The van der Waals surface area contributed by atoms with Crippen LogP contribution in [0.25, 0.3) is 0 Å². The number of amides is 1. The van der Waals surface area contributed by atoms with Gasteiger partial charge in [0.25, 0.3) is 5.91 Å². The second kappa shape index (κ2) is 9.60. The average molecular weight is 382 g/mol. The summed E-state index contributed by atoms with van der Waals surface area (Å²) in [6, 6.07) is 16.2. The van der Waals surface area contributed by atoms with E-state index in [1.54, 1.807) is 0 Å². The van der Waals surface area contributed by atoms with Gasteiger partial charge in [-0.05, 0) is 62.7 Å². The zero-order valence-corrected chi connectivity index (χ0v) is 17.1. The Morgan fingerprint density at radius 2 is 1.79 bits per heavy atom. The Kier molecular flexibility index (Phi) is 6.93. The second-order valence-electron chi connectivity index (χ2n) is 7.38. The summed E-state index contributed by atoms with van der Waals surface area (Å²) in [6.45, 7) is 5.20. The second-order valence-corrected chi connectivity index (χ2v) is 7.38. The molecule has 3 rings (SSSR count). The summed E-state index contributed by atoms with van der Waals surface area (Å²) < 4.78 is 5.61. The molecule has 1 atom stereocenters. The Labute approximate surface area is 168 Å². The first-order valence-electron chi connectivity index (χ1n) is 10.1. The van der Waals surface area contributed by atoms with Gasteiger partial charge < -0.3 is 15.0 Å². The zero-order chi connectivity index (χ0) is 19.9. The van der Waals surface area contributed by atoms with Crippen molar-refractivity contribution in [3.05, 3.63) is 59.7 Å². The predicted octanol–water partition coefficient (Wildman–Crippen LogP) is 3.72. The van der Waals surface area contributed by atoms with Crippen LogP contribution in [0.15, 0.2) is 48.5 Å². The number of ether oxygens (including phenoxy) is 1. The fraction of sp³-hybridized carbons (Fsp3) is 0.435. The standard InChI is InChI=1S/C23H31N3O2/c1-4-28-22-10-6-5-9-20(22)23(27)24-17-21(26-15-7-8-16-26)18-11-13-19(14-12-18)25(2)3/h5-6,9-14,21H,4,7-8,15-17H2,1-3H3,(H,24,27). The summed E-state index contributed by atoms with van der Waals surface area (Å²) in [5, 5.41) is 3.14. The first kappa shape index (κ1) is 20.2. The van der Waals surface area contributed by atoms with E-state index in [0.29, 0.717) is 24.5 Å². The van der Waals surface area contributed by atoms with Crippen LogP contribution in [0.2, 0.25) is 0 Å². The molecule has 5 heteroatoms. The molecule has 0 radical (unpaired) electrons. The van der Waals surface area contributed by atoms with E-state index in [1.807, 2.05) is 45.3 Å². The minimum Gasteiger partial charge on any atom is -0.493 e. The molecule has 1 aliphatic heterocycles. The quantitative estimate of drug-likeness (QED) is 0.757. The van der Waals surface area contributed by atoms with Crippen LogP contribution in [0.4, 0.5) is 5.69 Å². The van der Waals surface area contributed by atoms with E-state index in [4.69, 9.17) is 4.74 Å². The maximum absolute atomic E-state index is 12.8. The van der Waals surface area contributed by atoms with Crippen molar-refractivity contribution in [2.24, 2.45) is 0 Å². The first-order chi connectivity index (χ1) is 13.6.